The van der Waals surface area contributed by atoms with Gasteiger partial charge in [0.25, 0.3) is 11.8 Å². The lowest BCUT2D eigenvalue weighted by Crippen LogP contribution is -2.29. The molecule has 0 spiro atoms. The molecule has 0 atom stereocenters. The number of amides is 1. The number of hydrogen-bond acceptors (Lipinski definition) is 6. The first-order chi connectivity index (χ1) is 11.4. The zero-order valence-electron chi connectivity index (χ0n) is 13.4. The van der Waals surface area contributed by atoms with Crippen molar-refractivity contribution in [2.45, 2.75) is 13.5 Å². The minimum atomic E-state index is -3.58. The first-order valence-electron chi connectivity index (χ1n) is 7.20. The average Bonchev–Trinajstić information content (AvgIpc) is 2.53. The Kier molecular flexibility index (Phi) is 5.75. The van der Waals surface area contributed by atoms with Crippen molar-refractivity contribution in [1.82, 2.24) is 9.71 Å². The Labute approximate surface area is 140 Å². The summed E-state index contributed by atoms with van der Waals surface area (Å²) in [7, 11) is -3.58. The van der Waals surface area contributed by atoms with Crippen LogP contribution in [-0.4, -0.2) is 32.2 Å². The van der Waals surface area contributed by atoms with Crippen LogP contribution in [-0.2, 0) is 16.6 Å². The molecule has 1 N–H and O–H groups in total. The molecule has 0 aliphatic rings. The minimum absolute atomic E-state index is 0.251. The Morgan fingerprint density at radius 1 is 1.17 bits per heavy atom. The fraction of sp³-hybridized carbons (Fsp3) is 0.250. The Morgan fingerprint density at radius 3 is 2.50 bits per heavy atom. The number of rotatable bonds is 7. The first-order valence-corrected chi connectivity index (χ1v) is 9.10. The molecule has 8 heteroatoms. The fourth-order valence-corrected chi connectivity index (χ4v) is 2.33. The van der Waals surface area contributed by atoms with Crippen LogP contribution in [0.25, 0.3) is 0 Å². The van der Waals surface area contributed by atoms with E-state index in [1.165, 1.54) is 12.1 Å². The zero-order valence-corrected chi connectivity index (χ0v) is 14.2. The third-order valence-corrected chi connectivity index (χ3v) is 3.46. The number of sulfonamides is 1. The van der Waals surface area contributed by atoms with Gasteiger partial charge in [0.05, 0.1) is 12.9 Å². The summed E-state index contributed by atoms with van der Waals surface area (Å²) in [6, 6.07) is 9.95. The van der Waals surface area contributed by atoms with Crippen LogP contribution in [0.5, 0.6) is 11.6 Å². The second-order valence-electron chi connectivity index (χ2n) is 4.93. The van der Waals surface area contributed by atoms with E-state index < -0.39 is 15.9 Å². The summed E-state index contributed by atoms with van der Waals surface area (Å²) in [5.41, 5.74) is 1.07. The molecule has 0 aliphatic heterocycles. The van der Waals surface area contributed by atoms with Gasteiger partial charge >= 0.3 is 0 Å². The summed E-state index contributed by atoms with van der Waals surface area (Å²) in [5, 5.41) is 0. The lowest BCUT2D eigenvalue weighted by Gasteiger charge is -2.10. The Balaban J connectivity index is 2.01. The van der Waals surface area contributed by atoms with Crippen LogP contribution in [0.15, 0.2) is 42.6 Å². The van der Waals surface area contributed by atoms with Crippen molar-refractivity contribution in [3.05, 3.63) is 53.7 Å². The smallest absolute Gasteiger partial charge is 0.264 e. The number of benzene rings is 1. The summed E-state index contributed by atoms with van der Waals surface area (Å²) in [6.45, 7) is 2.61. The van der Waals surface area contributed by atoms with E-state index in [9.17, 15) is 13.2 Å². The topological polar surface area (TPSA) is 94.6 Å². The molecule has 0 bridgehead atoms. The van der Waals surface area contributed by atoms with Gasteiger partial charge in [-0.2, -0.15) is 0 Å². The molecule has 1 amide bonds. The number of nitrogens with one attached hydrogen (secondary N) is 1. The standard InChI is InChI=1S/C16H18N2O5S/c1-3-22-16-14(5-4-10-17-16)23-11-12-6-8-13(9-7-12)15(19)18-24(2,20)21/h4-10H,3,11H2,1-2H3,(H,18,19). The quantitative estimate of drug-likeness (QED) is 0.817. The van der Waals surface area contributed by atoms with E-state index in [0.717, 1.165) is 11.8 Å². The average molecular weight is 350 g/mol. The predicted octanol–water partition coefficient (Wildman–Crippen LogP) is 1.75. The maximum absolute atomic E-state index is 11.7. The fourth-order valence-electron chi connectivity index (χ4n) is 1.87. The second kappa shape index (κ2) is 7.78. The van der Waals surface area contributed by atoms with Crippen LogP contribution in [0.3, 0.4) is 0 Å². The van der Waals surface area contributed by atoms with Crippen molar-refractivity contribution < 1.29 is 22.7 Å². The van der Waals surface area contributed by atoms with Crippen LogP contribution in [0.1, 0.15) is 22.8 Å². The van der Waals surface area contributed by atoms with Crippen molar-refractivity contribution in [3.63, 3.8) is 0 Å². The molecular formula is C16H18N2O5S. The van der Waals surface area contributed by atoms with E-state index in [0.29, 0.717) is 18.2 Å². The van der Waals surface area contributed by atoms with Gasteiger partial charge in [-0.3, -0.25) is 4.79 Å². The van der Waals surface area contributed by atoms with Gasteiger partial charge in [0.1, 0.15) is 6.61 Å². The largest absolute Gasteiger partial charge is 0.483 e. The molecule has 1 aromatic carbocycles. The molecule has 24 heavy (non-hydrogen) atoms. The molecule has 128 valence electrons. The third kappa shape index (κ3) is 5.24. The Morgan fingerprint density at radius 2 is 1.88 bits per heavy atom. The van der Waals surface area contributed by atoms with E-state index in [-0.39, 0.29) is 12.2 Å². The number of pyridine rings is 1. The van der Waals surface area contributed by atoms with E-state index in [1.54, 1.807) is 30.5 Å². The molecule has 0 unspecified atom stereocenters. The molecule has 7 nitrogen and oxygen atoms in total. The van der Waals surface area contributed by atoms with Crippen LogP contribution < -0.4 is 14.2 Å². The summed E-state index contributed by atoms with van der Waals surface area (Å²) < 4.78 is 35.1. The molecule has 2 rings (SSSR count). The lowest BCUT2D eigenvalue weighted by molar-refractivity contribution is 0.0981. The van der Waals surface area contributed by atoms with E-state index in [4.69, 9.17) is 9.47 Å². The monoisotopic (exact) mass is 350 g/mol. The number of ether oxygens (including phenoxy) is 2. The van der Waals surface area contributed by atoms with Crippen LogP contribution in [0.4, 0.5) is 0 Å². The van der Waals surface area contributed by atoms with Gasteiger partial charge < -0.3 is 9.47 Å². The zero-order chi connectivity index (χ0) is 17.6. The molecule has 0 aliphatic carbocycles. The summed E-state index contributed by atoms with van der Waals surface area (Å²) >= 11 is 0. The van der Waals surface area contributed by atoms with Crippen LogP contribution in [0, 0.1) is 0 Å². The van der Waals surface area contributed by atoms with Gasteiger partial charge in [-0.15, -0.1) is 0 Å². The summed E-state index contributed by atoms with van der Waals surface area (Å²) in [5.74, 6) is 0.276. The summed E-state index contributed by atoms with van der Waals surface area (Å²) in [6.07, 6.45) is 2.55. The van der Waals surface area contributed by atoms with Crippen LogP contribution in [0.2, 0.25) is 0 Å². The number of carbonyl (C=O) groups is 1. The SMILES string of the molecule is CCOc1ncccc1OCc1ccc(C(=O)NS(C)(=O)=O)cc1. The van der Waals surface area contributed by atoms with Crippen molar-refractivity contribution in [2.24, 2.45) is 0 Å². The molecule has 0 radical (unpaired) electrons. The highest BCUT2D eigenvalue weighted by Crippen LogP contribution is 2.24. The summed E-state index contributed by atoms with van der Waals surface area (Å²) in [4.78, 5) is 15.8. The number of carbonyl (C=O) groups excluding carboxylic acids is 1. The molecule has 2 aromatic rings. The second-order valence-corrected chi connectivity index (χ2v) is 6.68. The molecular weight excluding hydrogens is 332 g/mol. The van der Waals surface area contributed by atoms with Gasteiger partial charge in [-0.1, -0.05) is 12.1 Å². The Hall–Kier alpha value is -2.61. The van der Waals surface area contributed by atoms with E-state index in [1.807, 2.05) is 11.6 Å². The Bertz CT molecular complexity index is 803. The molecule has 0 saturated heterocycles. The van der Waals surface area contributed by atoms with Gasteiger partial charge in [-0.25, -0.2) is 18.1 Å². The molecule has 1 aromatic heterocycles. The maximum atomic E-state index is 11.7. The van der Waals surface area contributed by atoms with E-state index >= 15 is 0 Å². The lowest BCUT2D eigenvalue weighted by atomic mass is 10.1. The number of hydrogen-bond donors (Lipinski definition) is 1. The molecule has 0 fully saturated rings. The predicted molar refractivity (Wildman–Crippen MR) is 88.5 cm³/mol. The highest BCUT2D eigenvalue weighted by molar-refractivity contribution is 7.89. The van der Waals surface area contributed by atoms with Crippen molar-refractivity contribution in [1.29, 1.82) is 0 Å². The van der Waals surface area contributed by atoms with Crippen LogP contribution >= 0.6 is 0 Å². The van der Waals surface area contributed by atoms with Gasteiger partial charge in [-0.05, 0) is 36.8 Å². The third-order valence-electron chi connectivity index (χ3n) is 2.91. The van der Waals surface area contributed by atoms with Gasteiger partial charge in [0, 0.05) is 11.8 Å². The van der Waals surface area contributed by atoms with Crippen molar-refractivity contribution in [3.8, 4) is 11.6 Å². The highest BCUT2D eigenvalue weighted by atomic mass is 32.2. The molecule has 1 heterocycles. The highest BCUT2D eigenvalue weighted by Gasteiger charge is 2.11. The maximum Gasteiger partial charge on any atom is 0.264 e. The van der Waals surface area contributed by atoms with E-state index in [2.05, 4.69) is 4.98 Å². The van der Waals surface area contributed by atoms with Gasteiger partial charge in [0.15, 0.2) is 5.75 Å². The number of nitrogens with zero attached hydrogens (tertiary/aromatic N) is 1. The normalized spacial score (nSPS) is 10.9. The molecule has 0 saturated carbocycles. The van der Waals surface area contributed by atoms with Gasteiger partial charge in [0.2, 0.25) is 10.0 Å². The first kappa shape index (κ1) is 17.7. The van der Waals surface area contributed by atoms with Crippen molar-refractivity contribution in [2.75, 3.05) is 12.9 Å². The number of aromatic nitrogens is 1. The minimum Gasteiger partial charge on any atom is -0.483 e. The van der Waals surface area contributed by atoms with Crippen molar-refractivity contribution >= 4 is 15.9 Å².